The lowest BCUT2D eigenvalue weighted by atomic mass is 10.3. The van der Waals surface area contributed by atoms with E-state index >= 15 is 0 Å². The van der Waals surface area contributed by atoms with Gasteiger partial charge in [0.05, 0.1) is 18.8 Å². The molecule has 100 valence electrons. The molecule has 0 unspecified atom stereocenters. The minimum Gasteiger partial charge on any atom is -0.461 e. The highest BCUT2D eigenvalue weighted by atomic mass is 16.5. The molecule has 7 nitrogen and oxygen atoms in total. The lowest BCUT2D eigenvalue weighted by Gasteiger charge is -2.15. The maximum Gasteiger partial charge on any atom is 0.337 e. The van der Waals surface area contributed by atoms with Crippen molar-refractivity contribution in [2.75, 3.05) is 39.5 Å². The molecule has 0 aromatic heterocycles. The molecule has 6 N–H and O–H groups in total. The molecule has 0 heterocycles. The van der Waals surface area contributed by atoms with Crippen LogP contribution < -0.4 is 16.4 Å². The van der Waals surface area contributed by atoms with Crippen LogP contribution in [0.1, 0.15) is 6.92 Å². The largest absolute Gasteiger partial charge is 0.461 e. The van der Waals surface area contributed by atoms with Crippen LogP contribution in [0.5, 0.6) is 0 Å². The van der Waals surface area contributed by atoms with Gasteiger partial charge in [-0.25, -0.2) is 4.79 Å². The first kappa shape index (κ1) is 15.7. The Morgan fingerprint density at radius 1 is 1.24 bits per heavy atom. The van der Waals surface area contributed by atoms with Gasteiger partial charge in [0.15, 0.2) is 0 Å². The van der Waals surface area contributed by atoms with Crippen molar-refractivity contribution >= 4 is 5.97 Å². The fourth-order valence-electron chi connectivity index (χ4n) is 1.05. The third-order valence-electron chi connectivity index (χ3n) is 1.86. The Labute approximate surface area is 101 Å². The van der Waals surface area contributed by atoms with Gasteiger partial charge in [0.1, 0.15) is 12.4 Å². The molecule has 0 aromatic carbocycles. The van der Waals surface area contributed by atoms with Crippen molar-refractivity contribution in [1.29, 1.82) is 0 Å². The molecule has 0 aromatic rings. The molecule has 0 spiro atoms. The highest BCUT2D eigenvalue weighted by molar-refractivity contribution is 5.88. The number of esters is 1. The summed E-state index contributed by atoms with van der Waals surface area (Å²) in [6.45, 7) is 2.49. The summed E-state index contributed by atoms with van der Waals surface area (Å²) in [7, 11) is 0. The lowest BCUT2D eigenvalue weighted by molar-refractivity contribution is -0.138. The Morgan fingerprint density at radius 2 is 1.76 bits per heavy atom. The normalized spacial score (nSPS) is 9.65. The van der Waals surface area contributed by atoms with Crippen LogP contribution in [0.25, 0.3) is 0 Å². The third kappa shape index (κ3) is 6.77. The van der Waals surface area contributed by atoms with Gasteiger partial charge in [0.2, 0.25) is 0 Å². The van der Waals surface area contributed by atoms with Crippen molar-refractivity contribution in [3.63, 3.8) is 0 Å². The van der Waals surface area contributed by atoms with Gasteiger partial charge < -0.3 is 31.3 Å². The van der Waals surface area contributed by atoms with Gasteiger partial charge in [0.25, 0.3) is 0 Å². The van der Waals surface area contributed by atoms with Crippen molar-refractivity contribution < 1.29 is 19.7 Å². The van der Waals surface area contributed by atoms with Crippen LogP contribution in [0.3, 0.4) is 0 Å². The van der Waals surface area contributed by atoms with Crippen LogP contribution in [0.4, 0.5) is 0 Å². The SMILES string of the molecule is CC(C(=O)OCCN)=C(NCCO)NCCO. The molecule has 0 atom stereocenters. The summed E-state index contributed by atoms with van der Waals surface area (Å²) in [6, 6.07) is 0. The number of nitrogens with two attached hydrogens (primary N) is 1. The van der Waals surface area contributed by atoms with Gasteiger partial charge in [-0.2, -0.15) is 0 Å². The predicted molar refractivity (Wildman–Crippen MR) is 62.9 cm³/mol. The molecule has 0 aliphatic heterocycles. The monoisotopic (exact) mass is 247 g/mol. The Balaban J connectivity index is 4.50. The zero-order valence-corrected chi connectivity index (χ0v) is 10.0. The molecule has 0 radical (unpaired) electrons. The number of rotatable bonds is 9. The minimum absolute atomic E-state index is 0.0601. The zero-order valence-electron chi connectivity index (χ0n) is 10.0. The highest BCUT2D eigenvalue weighted by Crippen LogP contribution is 2.00. The minimum atomic E-state index is -0.485. The molecule has 0 rings (SSSR count). The van der Waals surface area contributed by atoms with Crippen molar-refractivity contribution in [1.82, 2.24) is 10.6 Å². The Bertz CT molecular complexity index is 246. The number of aliphatic hydroxyl groups is 2. The average Bonchev–Trinajstić information content (AvgIpc) is 2.35. The molecule has 0 fully saturated rings. The van der Waals surface area contributed by atoms with Gasteiger partial charge in [-0.1, -0.05) is 0 Å². The van der Waals surface area contributed by atoms with Gasteiger partial charge in [-0.3, -0.25) is 0 Å². The number of ether oxygens (including phenoxy) is 1. The molecule has 0 saturated heterocycles. The molecule has 0 aliphatic carbocycles. The van der Waals surface area contributed by atoms with Crippen LogP contribution in [0.15, 0.2) is 11.4 Å². The van der Waals surface area contributed by atoms with Gasteiger partial charge in [0, 0.05) is 19.6 Å². The van der Waals surface area contributed by atoms with Crippen LogP contribution in [0.2, 0.25) is 0 Å². The predicted octanol–water partition coefficient (Wildman–Crippen LogP) is -2.12. The summed E-state index contributed by atoms with van der Waals surface area (Å²) in [4.78, 5) is 11.5. The number of carbonyl (C=O) groups is 1. The van der Waals surface area contributed by atoms with E-state index in [0.29, 0.717) is 24.5 Å². The van der Waals surface area contributed by atoms with Gasteiger partial charge in [-0.05, 0) is 6.92 Å². The van der Waals surface area contributed by atoms with E-state index in [0.717, 1.165) is 0 Å². The summed E-state index contributed by atoms with van der Waals surface area (Å²) in [5, 5.41) is 23.1. The smallest absolute Gasteiger partial charge is 0.337 e. The number of carbonyl (C=O) groups excluding carboxylic acids is 1. The summed E-state index contributed by atoms with van der Waals surface area (Å²) in [5.74, 6) is -0.0450. The number of hydrogen-bond acceptors (Lipinski definition) is 7. The van der Waals surface area contributed by atoms with E-state index in [1.807, 2.05) is 0 Å². The molecule has 0 saturated carbocycles. The molecular weight excluding hydrogens is 226 g/mol. The molecule has 0 bridgehead atoms. The van der Waals surface area contributed by atoms with E-state index < -0.39 is 5.97 Å². The van der Waals surface area contributed by atoms with Crippen molar-refractivity contribution in [3.8, 4) is 0 Å². The Hall–Kier alpha value is -1.31. The Morgan fingerprint density at radius 3 is 2.18 bits per heavy atom. The second-order valence-electron chi connectivity index (χ2n) is 3.23. The first-order chi connectivity index (χ1) is 8.17. The van der Waals surface area contributed by atoms with Crippen molar-refractivity contribution in [2.24, 2.45) is 5.73 Å². The summed E-state index contributed by atoms with van der Waals surface area (Å²) in [6.07, 6.45) is 0. The molecule has 17 heavy (non-hydrogen) atoms. The topological polar surface area (TPSA) is 117 Å². The van der Waals surface area contributed by atoms with Gasteiger partial charge in [-0.15, -0.1) is 0 Å². The van der Waals surface area contributed by atoms with E-state index in [9.17, 15) is 4.79 Å². The van der Waals surface area contributed by atoms with E-state index in [-0.39, 0.29) is 26.4 Å². The first-order valence-electron chi connectivity index (χ1n) is 5.44. The second-order valence-corrected chi connectivity index (χ2v) is 3.23. The average molecular weight is 247 g/mol. The zero-order chi connectivity index (χ0) is 13.1. The van der Waals surface area contributed by atoms with Crippen molar-refractivity contribution in [2.45, 2.75) is 6.92 Å². The quantitative estimate of drug-likeness (QED) is 0.234. The lowest BCUT2D eigenvalue weighted by Crippen LogP contribution is -2.33. The van der Waals surface area contributed by atoms with E-state index in [2.05, 4.69) is 10.6 Å². The summed E-state index contributed by atoms with van der Waals surface area (Å²) >= 11 is 0. The summed E-state index contributed by atoms with van der Waals surface area (Å²) < 4.78 is 4.87. The van der Waals surface area contributed by atoms with E-state index in [4.69, 9.17) is 20.7 Å². The molecule has 7 heteroatoms. The maximum atomic E-state index is 11.5. The number of hydrogen-bond donors (Lipinski definition) is 5. The number of nitrogens with one attached hydrogen (secondary N) is 2. The van der Waals surface area contributed by atoms with Crippen LogP contribution >= 0.6 is 0 Å². The fourth-order valence-corrected chi connectivity index (χ4v) is 1.05. The standard InChI is InChI=1S/C10H21N3O4/c1-8(10(16)17-7-2-11)9(12-3-5-14)13-4-6-15/h12-15H,2-7,11H2,1H3. The third-order valence-corrected chi connectivity index (χ3v) is 1.86. The van der Waals surface area contributed by atoms with E-state index in [1.54, 1.807) is 6.92 Å². The second kappa shape index (κ2) is 9.88. The van der Waals surface area contributed by atoms with Crippen molar-refractivity contribution in [3.05, 3.63) is 11.4 Å². The van der Waals surface area contributed by atoms with E-state index in [1.165, 1.54) is 0 Å². The number of aliphatic hydroxyl groups excluding tert-OH is 2. The van der Waals surface area contributed by atoms with Gasteiger partial charge >= 0.3 is 5.97 Å². The molecule has 0 aliphatic rings. The molecule has 0 amide bonds. The first-order valence-corrected chi connectivity index (χ1v) is 5.44. The summed E-state index contributed by atoms with van der Waals surface area (Å²) in [5.41, 5.74) is 5.57. The van der Waals surface area contributed by atoms with Crippen LogP contribution in [-0.4, -0.2) is 55.6 Å². The van der Waals surface area contributed by atoms with Crippen LogP contribution in [0, 0.1) is 0 Å². The molecular formula is C10H21N3O4. The fraction of sp³-hybridized carbons (Fsp3) is 0.700. The van der Waals surface area contributed by atoms with Crippen LogP contribution in [-0.2, 0) is 9.53 Å². The maximum absolute atomic E-state index is 11.5. The Kier molecular flexibility index (Phi) is 9.12. The highest BCUT2D eigenvalue weighted by Gasteiger charge is 2.11.